The van der Waals surface area contributed by atoms with Crippen LogP contribution in [-0.2, 0) is 6.61 Å². The van der Waals surface area contributed by atoms with E-state index in [0.717, 1.165) is 16.5 Å². The molecule has 0 aliphatic carbocycles. The van der Waals surface area contributed by atoms with Crippen LogP contribution in [-0.4, -0.2) is 17.4 Å². The van der Waals surface area contributed by atoms with E-state index in [4.69, 9.17) is 4.74 Å². The lowest BCUT2D eigenvalue weighted by Crippen LogP contribution is -2.22. The Morgan fingerprint density at radius 1 is 1.30 bits per heavy atom. The molecule has 0 aliphatic heterocycles. The highest BCUT2D eigenvalue weighted by Crippen LogP contribution is 2.20. The number of nitrogens with one attached hydrogen (secondary N) is 1. The average Bonchev–Trinajstić information content (AvgIpc) is 2.80. The van der Waals surface area contributed by atoms with Crippen LogP contribution in [0.2, 0.25) is 0 Å². The van der Waals surface area contributed by atoms with Crippen LogP contribution in [0.4, 0.5) is 0 Å². The quantitative estimate of drug-likeness (QED) is 0.920. The van der Waals surface area contributed by atoms with Gasteiger partial charge >= 0.3 is 0 Å². The van der Waals surface area contributed by atoms with Gasteiger partial charge in [0.2, 0.25) is 0 Å². The van der Waals surface area contributed by atoms with E-state index in [1.165, 1.54) is 16.9 Å². The third-order valence-electron chi connectivity index (χ3n) is 2.77. The lowest BCUT2D eigenvalue weighted by molar-refractivity contribution is 0.0959. The predicted molar refractivity (Wildman–Crippen MR) is 80.4 cm³/mol. The summed E-state index contributed by atoms with van der Waals surface area (Å²) in [5, 5.41) is 3.60. The van der Waals surface area contributed by atoms with Crippen LogP contribution in [0, 0.1) is 13.8 Å². The van der Waals surface area contributed by atoms with Crippen LogP contribution >= 0.6 is 11.3 Å². The third kappa shape index (κ3) is 3.57. The molecule has 4 nitrogen and oxygen atoms in total. The first-order valence-electron chi connectivity index (χ1n) is 6.54. The van der Waals surface area contributed by atoms with Gasteiger partial charge in [0.1, 0.15) is 22.2 Å². The number of thiazole rings is 1. The molecule has 1 heterocycles. The van der Waals surface area contributed by atoms with Gasteiger partial charge in [-0.05, 0) is 32.9 Å². The number of aromatic nitrogens is 1. The van der Waals surface area contributed by atoms with Gasteiger partial charge < -0.3 is 10.1 Å². The number of hydrogen-bond donors (Lipinski definition) is 1. The van der Waals surface area contributed by atoms with E-state index in [-0.39, 0.29) is 5.91 Å². The van der Waals surface area contributed by atoms with Crippen LogP contribution < -0.4 is 10.1 Å². The molecule has 5 heteroatoms. The van der Waals surface area contributed by atoms with Crippen molar-refractivity contribution < 1.29 is 9.53 Å². The van der Waals surface area contributed by atoms with Crippen LogP contribution in [0.25, 0.3) is 0 Å². The van der Waals surface area contributed by atoms with E-state index in [1.807, 2.05) is 45.0 Å². The van der Waals surface area contributed by atoms with Crippen molar-refractivity contribution in [2.45, 2.75) is 27.4 Å². The molecule has 0 radical (unpaired) electrons. The summed E-state index contributed by atoms with van der Waals surface area (Å²) in [7, 11) is 0. The summed E-state index contributed by atoms with van der Waals surface area (Å²) in [6.07, 6.45) is 0. The second-order valence-electron chi connectivity index (χ2n) is 4.48. The first-order chi connectivity index (χ1) is 9.60. The van der Waals surface area contributed by atoms with Crippen molar-refractivity contribution >= 4 is 17.2 Å². The SMILES string of the molecule is CCNC(=O)c1sc(COc2ccc(C)cc2)nc1C. The number of aryl methyl sites for hydroxylation is 2. The zero-order valence-electron chi connectivity index (χ0n) is 11.9. The second-order valence-corrected chi connectivity index (χ2v) is 5.57. The lowest BCUT2D eigenvalue weighted by atomic mass is 10.2. The molecule has 1 N–H and O–H groups in total. The van der Waals surface area contributed by atoms with Crippen molar-refractivity contribution in [1.82, 2.24) is 10.3 Å². The van der Waals surface area contributed by atoms with E-state index in [1.54, 1.807) is 0 Å². The Hall–Kier alpha value is -1.88. The highest BCUT2D eigenvalue weighted by atomic mass is 32.1. The van der Waals surface area contributed by atoms with Crippen molar-refractivity contribution in [2.24, 2.45) is 0 Å². The molecule has 0 saturated carbocycles. The Labute approximate surface area is 122 Å². The molecule has 0 spiro atoms. The van der Waals surface area contributed by atoms with Crippen molar-refractivity contribution in [1.29, 1.82) is 0 Å². The van der Waals surface area contributed by atoms with Gasteiger partial charge in [0.05, 0.1) is 5.69 Å². The summed E-state index contributed by atoms with van der Waals surface area (Å²) >= 11 is 1.38. The fourth-order valence-electron chi connectivity index (χ4n) is 1.75. The van der Waals surface area contributed by atoms with Crippen molar-refractivity contribution in [3.8, 4) is 5.75 Å². The zero-order valence-corrected chi connectivity index (χ0v) is 12.7. The summed E-state index contributed by atoms with van der Waals surface area (Å²) in [5.74, 6) is 0.743. The number of carbonyl (C=O) groups excluding carboxylic acids is 1. The standard InChI is InChI=1S/C15H18N2O2S/c1-4-16-15(18)14-11(3)17-13(20-14)9-19-12-7-5-10(2)6-8-12/h5-8H,4,9H2,1-3H3,(H,16,18). The molecule has 20 heavy (non-hydrogen) atoms. The lowest BCUT2D eigenvalue weighted by Gasteiger charge is -2.03. The van der Waals surface area contributed by atoms with Gasteiger partial charge in [0, 0.05) is 6.54 Å². The molecule has 2 rings (SSSR count). The third-order valence-corrected chi connectivity index (χ3v) is 3.90. The smallest absolute Gasteiger partial charge is 0.263 e. The Balaban J connectivity index is 2.01. The van der Waals surface area contributed by atoms with Gasteiger partial charge in [0.25, 0.3) is 5.91 Å². The van der Waals surface area contributed by atoms with Gasteiger partial charge in [-0.15, -0.1) is 11.3 Å². The van der Waals surface area contributed by atoms with Crippen molar-refractivity contribution in [3.05, 3.63) is 45.4 Å². The number of ether oxygens (including phenoxy) is 1. The number of nitrogens with zero attached hydrogens (tertiary/aromatic N) is 1. The topological polar surface area (TPSA) is 51.2 Å². The predicted octanol–water partition coefficient (Wildman–Crippen LogP) is 3.09. The molecule has 106 valence electrons. The molecule has 0 fully saturated rings. The van der Waals surface area contributed by atoms with E-state index >= 15 is 0 Å². The van der Waals surface area contributed by atoms with Gasteiger partial charge in [-0.3, -0.25) is 4.79 Å². The number of carbonyl (C=O) groups is 1. The van der Waals surface area contributed by atoms with Crippen LogP contribution in [0.3, 0.4) is 0 Å². The summed E-state index contributed by atoms with van der Waals surface area (Å²) in [6, 6.07) is 7.87. The summed E-state index contributed by atoms with van der Waals surface area (Å²) in [4.78, 5) is 16.8. The highest BCUT2D eigenvalue weighted by molar-refractivity contribution is 7.13. The van der Waals surface area contributed by atoms with E-state index in [2.05, 4.69) is 10.3 Å². The van der Waals surface area contributed by atoms with E-state index in [0.29, 0.717) is 18.0 Å². The monoisotopic (exact) mass is 290 g/mol. The van der Waals surface area contributed by atoms with Gasteiger partial charge in [-0.1, -0.05) is 17.7 Å². The maximum atomic E-state index is 11.8. The van der Waals surface area contributed by atoms with Crippen LogP contribution in [0.5, 0.6) is 5.75 Å². The zero-order chi connectivity index (χ0) is 14.5. The summed E-state index contributed by atoms with van der Waals surface area (Å²) < 4.78 is 5.67. The molecule has 0 aliphatic rings. The maximum absolute atomic E-state index is 11.8. The molecule has 1 aromatic carbocycles. The Kier molecular flexibility index (Phi) is 4.74. The Morgan fingerprint density at radius 2 is 2.00 bits per heavy atom. The first kappa shape index (κ1) is 14.5. The highest BCUT2D eigenvalue weighted by Gasteiger charge is 2.14. The molecule has 0 bridgehead atoms. The van der Waals surface area contributed by atoms with E-state index < -0.39 is 0 Å². The van der Waals surface area contributed by atoms with Crippen molar-refractivity contribution in [3.63, 3.8) is 0 Å². The molecule has 1 amide bonds. The minimum atomic E-state index is -0.0657. The molecular weight excluding hydrogens is 272 g/mol. The summed E-state index contributed by atoms with van der Waals surface area (Å²) in [6.45, 7) is 6.78. The van der Waals surface area contributed by atoms with Crippen LogP contribution in [0.15, 0.2) is 24.3 Å². The molecule has 0 saturated heterocycles. The number of benzene rings is 1. The Bertz CT molecular complexity index is 590. The average molecular weight is 290 g/mol. The molecular formula is C15H18N2O2S. The van der Waals surface area contributed by atoms with Gasteiger partial charge in [0.15, 0.2) is 0 Å². The fraction of sp³-hybridized carbons (Fsp3) is 0.333. The fourth-order valence-corrected chi connectivity index (χ4v) is 2.64. The number of rotatable bonds is 5. The second kappa shape index (κ2) is 6.52. The molecule has 2 aromatic rings. The molecule has 0 atom stereocenters. The maximum Gasteiger partial charge on any atom is 0.263 e. The largest absolute Gasteiger partial charge is 0.486 e. The number of hydrogen-bond acceptors (Lipinski definition) is 4. The minimum absolute atomic E-state index is 0.0657. The summed E-state index contributed by atoms with van der Waals surface area (Å²) in [5.41, 5.74) is 1.95. The van der Waals surface area contributed by atoms with Crippen molar-refractivity contribution in [2.75, 3.05) is 6.54 Å². The normalized spacial score (nSPS) is 10.3. The first-order valence-corrected chi connectivity index (χ1v) is 7.35. The molecule has 1 aromatic heterocycles. The molecule has 0 unspecified atom stereocenters. The van der Waals surface area contributed by atoms with Gasteiger partial charge in [-0.25, -0.2) is 4.98 Å². The van der Waals surface area contributed by atoms with E-state index in [9.17, 15) is 4.79 Å². The van der Waals surface area contributed by atoms with Crippen LogP contribution in [0.1, 0.15) is 32.9 Å². The Morgan fingerprint density at radius 3 is 2.65 bits per heavy atom. The van der Waals surface area contributed by atoms with Gasteiger partial charge in [-0.2, -0.15) is 0 Å². The number of amides is 1. The minimum Gasteiger partial charge on any atom is -0.486 e.